The van der Waals surface area contributed by atoms with Gasteiger partial charge in [-0.05, 0) is 49.6 Å². The van der Waals surface area contributed by atoms with Crippen LogP contribution in [-0.4, -0.2) is 27.6 Å². The minimum Gasteiger partial charge on any atom is -0.484 e. The number of fused-ring (bicyclic) bond motifs is 2. The van der Waals surface area contributed by atoms with Gasteiger partial charge in [0.1, 0.15) is 29.5 Å². The predicted octanol–water partition coefficient (Wildman–Crippen LogP) is 4.19. The number of carbonyl (C=O) groups excluding carboxylic acids is 1. The number of nitriles is 1. The fourth-order valence-electron chi connectivity index (χ4n) is 3.99. The van der Waals surface area contributed by atoms with Crippen molar-refractivity contribution in [2.45, 2.75) is 38.4 Å². The zero-order chi connectivity index (χ0) is 23.0. The van der Waals surface area contributed by atoms with Gasteiger partial charge in [0.05, 0.1) is 17.3 Å². The van der Waals surface area contributed by atoms with Gasteiger partial charge in [-0.25, -0.2) is 14.8 Å². The van der Waals surface area contributed by atoms with Gasteiger partial charge in [-0.3, -0.25) is 0 Å². The van der Waals surface area contributed by atoms with Crippen molar-refractivity contribution in [3.63, 3.8) is 0 Å². The molecule has 0 amide bonds. The topological polar surface area (TPSA) is 94.3 Å². The Morgan fingerprint density at radius 2 is 1.91 bits per heavy atom. The van der Waals surface area contributed by atoms with Gasteiger partial charge in [-0.2, -0.15) is 5.26 Å². The van der Waals surface area contributed by atoms with Gasteiger partial charge in [-0.15, -0.1) is 0 Å². The average molecular weight is 439 g/mol. The van der Waals surface area contributed by atoms with E-state index in [1.807, 2.05) is 32.0 Å². The molecule has 2 aromatic carbocycles. The van der Waals surface area contributed by atoms with Crippen LogP contribution in [0.2, 0.25) is 0 Å². The molecule has 33 heavy (non-hydrogen) atoms. The summed E-state index contributed by atoms with van der Waals surface area (Å²) in [6, 6.07) is 14.9. The highest BCUT2D eigenvalue weighted by molar-refractivity contribution is 5.85. The SMILES string of the molecule is CC1(C)Oc2cc3c(cc2C[C@@H]1Oc1cc(-c2ccc(C#N)cc2)ncn1)CC=CC(=O)O3. The molecule has 3 aromatic rings. The number of ether oxygens (including phenoxy) is 3. The smallest absolute Gasteiger partial charge is 0.335 e. The molecule has 7 heteroatoms. The molecule has 5 rings (SSSR count). The zero-order valence-corrected chi connectivity index (χ0v) is 18.2. The molecule has 0 fully saturated rings. The fraction of sp³-hybridized carbons (Fsp3) is 0.231. The van der Waals surface area contributed by atoms with Crippen LogP contribution < -0.4 is 14.2 Å². The lowest BCUT2D eigenvalue weighted by atomic mass is 9.89. The van der Waals surface area contributed by atoms with E-state index in [1.54, 1.807) is 30.3 Å². The third kappa shape index (κ3) is 4.15. The molecule has 2 aliphatic heterocycles. The first-order valence-corrected chi connectivity index (χ1v) is 10.6. The third-order valence-electron chi connectivity index (χ3n) is 5.81. The molecule has 0 N–H and O–H groups in total. The Bertz CT molecular complexity index is 1310. The number of benzene rings is 2. The Hall–Kier alpha value is -4.18. The second kappa shape index (κ2) is 8.06. The first-order valence-electron chi connectivity index (χ1n) is 10.6. The standard InChI is InChI=1S/C26H21N3O4/c1-26(2)23(11-19-10-18-4-3-5-25(30)31-21(18)13-22(19)33-26)32-24-12-20(28-15-29-24)17-8-6-16(14-27)7-9-17/h3,5-10,12-13,15,23H,4,11H2,1-2H3/t23-/m0/s1. The molecule has 3 heterocycles. The van der Waals surface area contributed by atoms with Crippen molar-refractivity contribution in [3.05, 3.63) is 77.6 Å². The third-order valence-corrected chi connectivity index (χ3v) is 5.81. The molecule has 0 radical (unpaired) electrons. The lowest BCUT2D eigenvalue weighted by Crippen LogP contribution is -2.49. The van der Waals surface area contributed by atoms with Gasteiger partial charge in [0.2, 0.25) is 5.88 Å². The molecule has 0 saturated heterocycles. The van der Waals surface area contributed by atoms with Gasteiger partial charge in [-0.1, -0.05) is 18.2 Å². The summed E-state index contributed by atoms with van der Waals surface area (Å²) in [5.41, 5.74) is 3.45. The van der Waals surface area contributed by atoms with Gasteiger partial charge < -0.3 is 14.2 Å². The second-order valence-corrected chi connectivity index (χ2v) is 8.54. The molecule has 1 aromatic heterocycles. The van der Waals surface area contributed by atoms with Crippen molar-refractivity contribution in [1.29, 1.82) is 5.26 Å². The summed E-state index contributed by atoms with van der Waals surface area (Å²) in [5.74, 6) is 1.28. The lowest BCUT2D eigenvalue weighted by Gasteiger charge is -2.39. The molecule has 2 aliphatic rings. The van der Waals surface area contributed by atoms with Gasteiger partial charge >= 0.3 is 5.97 Å². The fourth-order valence-corrected chi connectivity index (χ4v) is 3.99. The summed E-state index contributed by atoms with van der Waals surface area (Å²) in [4.78, 5) is 20.4. The maximum Gasteiger partial charge on any atom is 0.335 e. The number of allylic oxidation sites excluding steroid dienone is 1. The van der Waals surface area contributed by atoms with Crippen molar-refractivity contribution >= 4 is 5.97 Å². The molecule has 164 valence electrons. The van der Waals surface area contributed by atoms with E-state index in [9.17, 15) is 4.79 Å². The van der Waals surface area contributed by atoms with Crippen molar-refractivity contribution in [2.24, 2.45) is 0 Å². The summed E-state index contributed by atoms with van der Waals surface area (Å²) in [6.07, 6.45) is 5.64. The summed E-state index contributed by atoms with van der Waals surface area (Å²) in [6.45, 7) is 3.92. The molecule has 0 unspecified atom stereocenters. The summed E-state index contributed by atoms with van der Waals surface area (Å²) >= 11 is 0. The highest BCUT2D eigenvalue weighted by Gasteiger charge is 2.40. The Morgan fingerprint density at radius 3 is 2.70 bits per heavy atom. The van der Waals surface area contributed by atoms with Crippen molar-refractivity contribution in [3.8, 4) is 34.7 Å². The van der Waals surface area contributed by atoms with E-state index >= 15 is 0 Å². The second-order valence-electron chi connectivity index (χ2n) is 8.54. The number of rotatable bonds is 3. The first-order chi connectivity index (χ1) is 15.9. The van der Waals surface area contributed by atoms with Crippen molar-refractivity contribution in [2.75, 3.05) is 0 Å². The molecular weight excluding hydrogens is 418 g/mol. The van der Waals surface area contributed by atoms with Crippen LogP contribution in [0.4, 0.5) is 0 Å². The quantitative estimate of drug-likeness (QED) is 0.446. The number of esters is 1. The van der Waals surface area contributed by atoms with E-state index in [4.69, 9.17) is 19.5 Å². The number of nitrogens with zero attached hydrogens (tertiary/aromatic N) is 3. The number of hydrogen-bond acceptors (Lipinski definition) is 7. The number of carbonyl (C=O) groups is 1. The highest BCUT2D eigenvalue weighted by atomic mass is 16.6. The van der Waals surface area contributed by atoms with E-state index < -0.39 is 5.60 Å². The van der Waals surface area contributed by atoms with E-state index in [-0.39, 0.29) is 12.1 Å². The lowest BCUT2D eigenvalue weighted by molar-refractivity contribution is -0.128. The van der Waals surface area contributed by atoms with Gasteiger partial charge in [0.15, 0.2) is 0 Å². The summed E-state index contributed by atoms with van der Waals surface area (Å²) < 4.78 is 18.0. The maximum absolute atomic E-state index is 11.8. The molecule has 0 bridgehead atoms. The average Bonchev–Trinajstić information content (AvgIpc) is 2.98. The van der Waals surface area contributed by atoms with Crippen LogP contribution >= 0.6 is 0 Å². The van der Waals surface area contributed by atoms with Crippen LogP contribution in [0.3, 0.4) is 0 Å². The van der Waals surface area contributed by atoms with E-state index in [0.717, 1.165) is 16.7 Å². The predicted molar refractivity (Wildman–Crippen MR) is 120 cm³/mol. The zero-order valence-electron chi connectivity index (χ0n) is 18.2. The van der Waals surface area contributed by atoms with Crippen molar-refractivity contribution < 1.29 is 19.0 Å². The van der Waals surface area contributed by atoms with Crippen molar-refractivity contribution in [1.82, 2.24) is 9.97 Å². The minimum atomic E-state index is -0.645. The molecule has 1 atom stereocenters. The Labute approximate surface area is 191 Å². The normalized spacial score (nSPS) is 18.1. The van der Waals surface area contributed by atoms with Crippen LogP contribution in [-0.2, 0) is 17.6 Å². The number of hydrogen-bond donors (Lipinski definition) is 0. The van der Waals surface area contributed by atoms with Crippen LogP contribution in [0, 0.1) is 11.3 Å². The van der Waals surface area contributed by atoms with E-state index in [2.05, 4.69) is 16.0 Å². The largest absolute Gasteiger partial charge is 0.484 e. The highest BCUT2D eigenvalue weighted by Crippen LogP contribution is 2.40. The Morgan fingerprint density at radius 1 is 1.09 bits per heavy atom. The van der Waals surface area contributed by atoms with Gasteiger partial charge in [0, 0.05) is 30.2 Å². The molecular formula is C26H21N3O4. The van der Waals surface area contributed by atoms with Crippen LogP contribution in [0.25, 0.3) is 11.3 Å². The molecule has 0 saturated carbocycles. The van der Waals surface area contributed by atoms with Crippen LogP contribution in [0.1, 0.15) is 30.5 Å². The van der Waals surface area contributed by atoms with Crippen LogP contribution in [0.5, 0.6) is 17.4 Å². The molecule has 7 nitrogen and oxygen atoms in total. The van der Waals surface area contributed by atoms with Crippen LogP contribution in [0.15, 0.2) is 60.9 Å². The monoisotopic (exact) mass is 439 g/mol. The first kappa shape index (κ1) is 20.7. The van der Waals surface area contributed by atoms with E-state index in [0.29, 0.717) is 41.5 Å². The van der Waals surface area contributed by atoms with E-state index in [1.165, 1.54) is 12.4 Å². The Kier molecular flexibility index (Phi) is 5.06. The maximum atomic E-state index is 11.8. The number of aromatic nitrogens is 2. The molecule has 0 spiro atoms. The summed E-state index contributed by atoms with van der Waals surface area (Å²) in [7, 11) is 0. The Balaban J connectivity index is 1.41. The summed E-state index contributed by atoms with van der Waals surface area (Å²) in [5, 5.41) is 9.00. The van der Waals surface area contributed by atoms with Gasteiger partial charge in [0.25, 0.3) is 0 Å². The molecule has 0 aliphatic carbocycles. The minimum absolute atomic E-state index is 0.296.